The van der Waals surface area contributed by atoms with Gasteiger partial charge in [-0.3, -0.25) is 10.1 Å². The van der Waals surface area contributed by atoms with E-state index in [1.54, 1.807) is 37.3 Å². The number of nitrogens with one attached hydrogen (secondary N) is 1. The number of aromatic nitrogens is 2. The molecular formula is C19H22N4O2. The highest BCUT2D eigenvalue weighted by molar-refractivity contribution is 5.93. The maximum absolute atomic E-state index is 11.9. The van der Waals surface area contributed by atoms with Crippen molar-refractivity contribution >= 4 is 11.6 Å². The van der Waals surface area contributed by atoms with E-state index in [9.17, 15) is 9.90 Å². The first-order chi connectivity index (χ1) is 12.0. The molecule has 0 saturated carbocycles. The van der Waals surface area contributed by atoms with E-state index in [2.05, 4.69) is 10.3 Å². The van der Waals surface area contributed by atoms with E-state index < -0.39 is 6.23 Å². The maximum atomic E-state index is 11.9. The molecule has 2 N–H and O–H groups in total. The topological polar surface area (TPSA) is 69.9 Å². The Kier molecular flexibility index (Phi) is 4.83. The number of hydrogen-bond acceptors (Lipinski definition) is 4. The average Bonchev–Trinajstić information content (AvgIpc) is 3.05. The van der Waals surface area contributed by atoms with E-state index >= 15 is 0 Å². The van der Waals surface area contributed by atoms with Crippen LogP contribution in [0.2, 0.25) is 0 Å². The molecule has 3 aromatic rings. The monoisotopic (exact) mass is 338 g/mol. The fourth-order valence-electron chi connectivity index (χ4n) is 2.68. The molecule has 6 heteroatoms. The fourth-order valence-corrected chi connectivity index (χ4v) is 2.68. The van der Waals surface area contributed by atoms with Crippen molar-refractivity contribution in [1.29, 1.82) is 0 Å². The van der Waals surface area contributed by atoms with Crippen molar-refractivity contribution in [3.8, 4) is 0 Å². The molecule has 0 radical (unpaired) electrons. The quantitative estimate of drug-likeness (QED) is 0.701. The Morgan fingerprint density at radius 1 is 1.20 bits per heavy atom. The molecule has 130 valence electrons. The highest BCUT2D eigenvalue weighted by atomic mass is 16.3. The standard InChI is InChI=1S/C19H22N4O2/c1-13(14-7-9-15(10-8-14)19(25)22(2)3)20-18(24)16-12-23-11-5-4-6-17(23)21-16/h4-13,18,20,24H,1-3H3/t13-,18?/m1/s1. The molecule has 6 nitrogen and oxygen atoms in total. The van der Waals surface area contributed by atoms with Crippen LogP contribution in [-0.2, 0) is 0 Å². The number of nitrogens with zero attached hydrogens (tertiary/aromatic N) is 3. The number of hydrogen-bond donors (Lipinski definition) is 2. The first-order valence-electron chi connectivity index (χ1n) is 8.15. The third kappa shape index (κ3) is 3.70. The van der Waals surface area contributed by atoms with E-state index in [1.807, 2.05) is 47.9 Å². The van der Waals surface area contributed by atoms with Gasteiger partial charge in [0.2, 0.25) is 0 Å². The van der Waals surface area contributed by atoms with Gasteiger partial charge in [-0.25, -0.2) is 4.98 Å². The number of pyridine rings is 1. The number of amides is 1. The number of aliphatic hydroxyl groups excluding tert-OH is 1. The largest absolute Gasteiger partial charge is 0.373 e. The summed E-state index contributed by atoms with van der Waals surface area (Å²) in [5, 5.41) is 13.6. The van der Waals surface area contributed by atoms with Crippen molar-refractivity contribution in [2.45, 2.75) is 19.2 Å². The molecule has 0 aliphatic rings. The van der Waals surface area contributed by atoms with E-state index in [4.69, 9.17) is 0 Å². The molecule has 2 aromatic heterocycles. The Balaban J connectivity index is 1.70. The van der Waals surface area contributed by atoms with E-state index in [1.165, 1.54) is 0 Å². The van der Waals surface area contributed by atoms with Gasteiger partial charge >= 0.3 is 0 Å². The van der Waals surface area contributed by atoms with Gasteiger partial charge in [-0.15, -0.1) is 0 Å². The summed E-state index contributed by atoms with van der Waals surface area (Å²) in [6, 6.07) is 13.0. The van der Waals surface area contributed by atoms with Crippen LogP contribution in [0.5, 0.6) is 0 Å². The number of rotatable bonds is 5. The average molecular weight is 338 g/mol. The highest BCUT2D eigenvalue weighted by Gasteiger charge is 2.16. The zero-order valence-electron chi connectivity index (χ0n) is 14.5. The van der Waals surface area contributed by atoms with Crippen molar-refractivity contribution in [3.05, 3.63) is 71.7 Å². The minimum Gasteiger partial charge on any atom is -0.373 e. The molecule has 25 heavy (non-hydrogen) atoms. The van der Waals surface area contributed by atoms with Gasteiger partial charge in [0.1, 0.15) is 17.6 Å². The molecule has 0 bridgehead atoms. The van der Waals surface area contributed by atoms with Gasteiger partial charge in [-0.2, -0.15) is 0 Å². The lowest BCUT2D eigenvalue weighted by Crippen LogP contribution is -2.25. The predicted molar refractivity (Wildman–Crippen MR) is 96.2 cm³/mol. The summed E-state index contributed by atoms with van der Waals surface area (Å²) >= 11 is 0. The van der Waals surface area contributed by atoms with Gasteiger partial charge in [0.15, 0.2) is 0 Å². The van der Waals surface area contributed by atoms with Gasteiger partial charge in [0, 0.05) is 38.1 Å². The number of imidazole rings is 1. The zero-order chi connectivity index (χ0) is 18.0. The van der Waals surface area contributed by atoms with Crippen molar-refractivity contribution in [1.82, 2.24) is 19.6 Å². The summed E-state index contributed by atoms with van der Waals surface area (Å²) < 4.78 is 1.87. The number of carbonyl (C=O) groups is 1. The van der Waals surface area contributed by atoms with Gasteiger partial charge in [-0.1, -0.05) is 18.2 Å². The SMILES string of the molecule is C[C@@H](NC(O)c1cn2ccccc2n1)c1ccc(C(=O)N(C)C)cc1. The lowest BCUT2D eigenvalue weighted by atomic mass is 10.1. The van der Waals surface area contributed by atoms with Crippen LogP contribution in [0, 0.1) is 0 Å². The van der Waals surface area contributed by atoms with Crippen LogP contribution >= 0.6 is 0 Å². The van der Waals surface area contributed by atoms with Crippen molar-refractivity contribution in [2.24, 2.45) is 0 Å². The number of fused-ring (bicyclic) bond motifs is 1. The summed E-state index contributed by atoms with van der Waals surface area (Å²) in [5.41, 5.74) is 2.98. The third-order valence-electron chi connectivity index (χ3n) is 4.13. The minimum atomic E-state index is -0.877. The third-order valence-corrected chi connectivity index (χ3v) is 4.13. The molecule has 1 amide bonds. The molecular weight excluding hydrogens is 316 g/mol. The van der Waals surface area contributed by atoms with Crippen molar-refractivity contribution in [3.63, 3.8) is 0 Å². The summed E-state index contributed by atoms with van der Waals surface area (Å²) in [7, 11) is 3.46. The summed E-state index contributed by atoms with van der Waals surface area (Å²) in [5.74, 6) is -0.0307. The van der Waals surface area contributed by atoms with Crippen LogP contribution in [0.4, 0.5) is 0 Å². The second-order valence-corrected chi connectivity index (χ2v) is 6.24. The Morgan fingerprint density at radius 2 is 1.92 bits per heavy atom. The number of aliphatic hydroxyl groups is 1. The van der Waals surface area contributed by atoms with Crippen LogP contribution in [0.15, 0.2) is 54.9 Å². The second-order valence-electron chi connectivity index (χ2n) is 6.24. The Morgan fingerprint density at radius 3 is 2.56 bits per heavy atom. The lowest BCUT2D eigenvalue weighted by Gasteiger charge is -2.18. The summed E-state index contributed by atoms with van der Waals surface area (Å²) in [4.78, 5) is 17.9. The number of benzene rings is 1. The Hall–Kier alpha value is -2.70. The number of carbonyl (C=O) groups excluding carboxylic acids is 1. The molecule has 1 unspecified atom stereocenters. The molecule has 0 aliphatic heterocycles. The molecule has 2 heterocycles. The summed E-state index contributed by atoms with van der Waals surface area (Å²) in [6.45, 7) is 1.96. The van der Waals surface area contributed by atoms with Gasteiger partial charge < -0.3 is 14.4 Å². The molecule has 1 aromatic carbocycles. The molecule has 3 rings (SSSR count). The molecule has 0 aliphatic carbocycles. The lowest BCUT2D eigenvalue weighted by molar-refractivity contribution is 0.0827. The van der Waals surface area contributed by atoms with Crippen LogP contribution in [0.3, 0.4) is 0 Å². The normalized spacial score (nSPS) is 13.6. The molecule has 0 spiro atoms. The molecule has 0 saturated heterocycles. The zero-order valence-corrected chi connectivity index (χ0v) is 14.5. The van der Waals surface area contributed by atoms with Crippen LogP contribution in [0.25, 0.3) is 5.65 Å². The second kappa shape index (κ2) is 7.04. The van der Waals surface area contributed by atoms with Crippen LogP contribution in [0.1, 0.15) is 40.8 Å². The first kappa shape index (κ1) is 17.1. The van der Waals surface area contributed by atoms with E-state index in [0.29, 0.717) is 11.3 Å². The minimum absolute atomic E-state index is 0.0307. The predicted octanol–water partition coefficient (Wildman–Crippen LogP) is 2.38. The van der Waals surface area contributed by atoms with Crippen LogP contribution in [-0.4, -0.2) is 39.4 Å². The van der Waals surface area contributed by atoms with E-state index in [-0.39, 0.29) is 11.9 Å². The van der Waals surface area contributed by atoms with E-state index in [0.717, 1.165) is 11.2 Å². The van der Waals surface area contributed by atoms with Gasteiger partial charge in [0.25, 0.3) is 5.91 Å². The molecule has 0 fully saturated rings. The summed E-state index contributed by atoms with van der Waals surface area (Å²) in [6.07, 6.45) is 2.82. The fraction of sp³-hybridized carbons (Fsp3) is 0.263. The van der Waals surface area contributed by atoms with Gasteiger partial charge in [-0.05, 0) is 36.8 Å². The van der Waals surface area contributed by atoms with Gasteiger partial charge in [0.05, 0.1) is 0 Å². The molecule has 2 atom stereocenters. The Bertz CT molecular complexity index is 838. The van der Waals surface area contributed by atoms with Crippen molar-refractivity contribution in [2.75, 3.05) is 14.1 Å². The highest BCUT2D eigenvalue weighted by Crippen LogP contribution is 2.19. The smallest absolute Gasteiger partial charge is 0.253 e. The van der Waals surface area contributed by atoms with Crippen molar-refractivity contribution < 1.29 is 9.90 Å². The maximum Gasteiger partial charge on any atom is 0.253 e. The first-order valence-corrected chi connectivity index (χ1v) is 8.15. The Labute approximate surface area is 146 Å². The van der Waals surface area contributed by atoms with Crippen LogP contribution < -0.4 is 5.32 Å².